The van der Waals surface area contributed by atoms with Crippen LogP contribution < -0.4 is 18.9 Å². The Labute approximate surface area is 415 Å². The molecule has 0 aliphatic heterocycles. The normalized spacial score (nSPS) is 11.6. The van der Waals surface area contributed by atoms with Gasteiger partial charge in [0.05, 0.1) is 50.7 Å². The summed E-state index contributed by atoms with van der Waals surface area (Å²) >= 11 is 0. The fourth-order valence-corrected chi connectivity index (χ4v) is 8.99. The third kappa shape index (κ3) is 25.6. The lowest BCUT2D eigenvalue weighted by atomic mass is 9.96. The lowest BCUT2D eigenvalue weighted by Gasteiger charge is -2.15. The summed E-state index contributed by atoms with van der Waals surface area (Å²) in [5.74, 6) is 2.61. The van der Waals surface area contributed by atoms with Gasteiger partial charge in [-0.2, -0.15) is 10.5 Å². The number of unbranched alkanes of at least 4 members (excludes halogenated alkanes) is 30. The zero-order chi connectivity index (χ0) is 48.5. The monoisotopic (exact) mass is 929 g/mol. The molecule has 0 fully saturated rings. The SMILES string of the molecule is CCCCCCCCCCCCCCCCCCOc1ccc(C=C(C#N)c2cc(OC)c(C(C#N)=Cc3ccc(OCCCCCCCCCCCCCCCCCC)cc3)cc2OC)cc1. The van der Waals surface area contributed by atoms with E-state index in [4.69, 9.17) is 18.9 Å². The molecular formula is C62H92N2O4. The van der Waals surface area contributed by atoms with Crippen LogP contribution in [-0.4, -0.2) is 27.4 Å². The molecule has 3 aromatic rings. The zero-order valence-corrected chi connectivity index (χ0v) is 43.5. The summed E-state index contributed by atoms with van der Waals surface area (Å²) in [4.78, 5) is 0. The molecule has 0 N–H and O–H groups in total. The van der Waals surface area contributed by atoms with Gasteiger partial charge in [0.1, 0.15) is 23.0 Å². The van der Waals surface area contributed by atoms with Gasteiger partial charge in [-0.25, -0.2) is 0 Å². The van der Waals surface area contributed by atoms with E-state index in [0.717, 1.165) is 35.5 Å². The molecule has 0 saturated heterocycles. The van der Waals surface area contributed by atoms with Gasteiger partial charge >= 0.3 is 0 Å². The summed E-state index contributed by atoms with van der Waals surface area (Å²) in [5, 5.41) is 20.6. The van der Waals surface area contributed by atoms with Crippen LogP contribution >= 0.6 is 0 Å². The van der Waals surface area contributed by atoms with Crippen LogP contribution in [0.2, 0.25) is 0 Å². The van der Waals surface area contributed by atoms with Gasteiger partial charge < -0.3 is 18.9 Å². The highest BCUT2D eigenvalue weighted by Crippen LogP contribution is 2.38. The van der Waals surface area contributed by atoms with Gasteiger partial charge in [-0.15, -0.1) is 0 Å². The Morgan fingerprint density at radius 2 is 0.632 bits per heavy atom. The molecule has 6 nitrogen and oxygen atoms in total. The van der Waals surface area contributed by atoms with E-state index in [1.807, 2.05) is 60.7 Å². The van der Waals surface area contributed by atoms with E-state index in [-0.39, 0.29) is 0 Å². The third-order valence-corrected chi connectivity index (χ3v) is 13.3. The van der Waals surface area contributed by atoms with E-state index < -0.39 is 0 Å². The molecule has 0 aliphatic carbocycles. The van der Waals surface area contributed by atoms with E-state index in [0.29, 0.717) is 47.0 Å². The van der Waals surface area contributed by atoms with Crippen molar-refractivity contribution in [3.8, 4) is 35.1 Å². The number of rotatable bonds is 42. The summed E-state index contributed by atoms with van der Waals surface area (Å²) in [6, 6.07) is 23.9. The minimum atomic E-state index is 0.422. The second-order valence-corrected chi connectivity index (χ2v) is 19.0. The second kappa shape index (κ2) is 39.2. The largest absolute Gasteiger partial charge is 0.496 e. The first-order chi connectivity index (χ1) is 33.6. The van der Waals surface area contributed by atoms with E-state index >= 15 is 0 Å². The molecule has 0 bridgehead atoms. The highest BCUT2D eigenvalue weighted by molar-refractivity contribution is 5.96. The summed E-state index contributed by atoms with van der Waals surface area (Å²) in [5.41, 5.74) is 3.76. The Balaban J connectivity index is 1.38. The maximum atomic E-state index is 10.3. The van der Waals surface area contributed by atoms with Crippen LogP contribution in [0.1, 0.15) is 242 Å². The summed E-state index contributed by atoms with van der Waals surface area (Å²) < 4.78 is 23.7. The third-order valence-electron chi connectivity index (χ3n) is 13.3. The van der Waals surface area contributed by atoms with Gasteiger partial charge in [-0.1, -0.05) is 231 Å². The molecule has 0 radical (unpaired) electrons. The first kappa shape index (κ1) is 57.6. The highest BCUT2D eigenvalue weighted by atomic mass is 16.5. The second-order valence-electron chi connectivity index (χ2n) is 19.0. The molecule has 0 saturated carbocycles. The van der Waals surface area contributed by atoms with Gasteiger partial charge in [0.25, 0.3) is 0 Å². The number of hydrogen-bond acceptors (Lipinski definition) is 6. The molecule has 0 heterocycles. The lowest BCUT2D eigenvalue weighted by molar-refractivity contribution is 0.304. The average Bonchev–Trinajstić information content (AvgIpc) is 3.37. The fraction of sp³-hybridized carbons (Fsp3) is 0.613. The van der Waals surface area contributed by atoms with E-state index in [9.17, 15) is 10.5 Å². The van der Waals surface area contributed by atoms with Crippen molar-refractivity contribution in [1.29, 1.82) is 10.5 Å². The van der Waals surface area contributed by atoms with E-state index in [1.165, 1.54) is 193 Å². The van der Waals surface area contributed by atoms with Crippen LogP contribution in [0.25, 0.3) is 23.3 Å². The number of ether oxygens (including phenoxy) is 4. The molecule has 0 spiro atoms. The quantitative estimate of drug-likeness (QED) is 0.0320. The van der Waals surface area contributed by atoms with Crippen LogP contribution in [0, 0.1) is 22.7 Å². The number of nitrogens with zero attached hydrogens (tertiary/aromatic N) is 2. The van der Waals surface area contributed by atoms with Crippen molar-refractivity contribution in [1.82, 2.24) is 0 Å². The first-order valence-corrected chi connectivity index (χ1v) is 27.5. The van der Waals surface area contributed by atoms with Gasteiger partial charge in [0.2, 0.25) is 0 Å². The Morgan fingerprint density at radius 1 is 0.382 bits per heavy atom. The Kier molecular flexibility index (Phi) is 33.2. The van der Waals surface area contributed by atoms with E-state index in [2.05, 4.69) is 26.0 Å². The van der Waals surface area contributed by atoms with Gasteiger partial charge in [-0.3, -0.25) is 0 Å². The van der Waals surface area contributed by atoms with Crippen molar-refractivity contribution in [3.63, 3.8) is 0 Å². The zero-order valence-electron chi connectivity index (χ0n) is 43.5. The number of hydrogen-bond donors (Lipinski definition) is 0. The standard InChI is InChI=1S/C62H92N2O4/c1-5-7-9-11-13-15-17-19-21-23-25-27-29-31-33-35-45-67-57-41-37-53(38-42-57)47-55(51-63)59-49-62(66-4)60(50-61(59)65-3)56(52-64)48-54-39-43-58(44-40-54)68-46-36-34-32-30-28-26-24-22-20-18-16-14-12-10-8-6-2/h37-44,47-50H,5-36,45-46H2,1-4H3. The van der Waals surface area contributed by atoms with Crippen LogP contribution in [0.3, 0.4) is 0 Å². The van der Waals surface area contributed by atoms with Crippen LogP contribution in [-0.2, 0) is 0 Å². The minimum absolute atomic E-state index is 0.422. The Bertz CT molecular complexity index is 1730. The van der Waals surface area contributed by atoms with Crippen molar-refractivity contribution < 1.29 is 18.9 Å². The fourth-order valence-electron chi connectivity index (χ4n) is 8.99. The first-order valence-electron chi connectivity index (χ1n) is 27.5. The average molecular weight is 929 g/mol. The van der Waals surface area contributed by atoms with Crippen LogP contribution in [0.5, 0.6) is 23.0 Å². The molecule has 68 heavy (non-hydrogen) atoms. The van der Waals surface area contributed by atoms with Crippen molar-refractivity contribution in [3.05, 3.63) is 82.9 Å². The summed E-state index contributed by atoms with van der Waals surface area (Å²) in [6.45, 7) is 5.98. The molecule has 0 aliphatic rings. The Morgan fingerprint density at radius 3 is 0.868 bits per heavy atom. The van der Waals surface area contributed by atoms with Gasteiger partial charge in [-0.05, 0) is 72.5 Å². The summed E-state index contributed by atoms with van der Waals surface area (Å²) in [7, 11) is 3.15. The van der Waals surface area contributed by atoms with Gasteiger partial charge in [0.15, 0.2) is 0 Å². The maximum Gasteiger partial charge on any atom is 0.128 e. The molecule has 0 atom stereocenters. The number of benzene rings is 3. The molecule has 374 valence electrons. The van der Waals surface area contributed by atoms with Crippen molar-refractivity contribution in [2.24, 2.45) is 0 Å². The van der Waals surface area contributed by atoms with Gasteiger partial charge in [0, 0.05) is 11.1 Å². The molecule has 3 rings (SSSR count). The van der Waals surface area contributed by atoms with Crippen LogP contribution in [0.15, 0.2) is 60.7 Å². The molecule has 0 amide bonds. The van der Waals surface area contributed by atoms with Crippen LogP contribution in [0.4, 0.5) is 0 Å². The molecular weight excluding hydrogens is 837 g/mol. The smallest absolute Gasteiger partial charge is 0.128 e. The number of nitriles is 2. The predicted octanol–water partition coefficient (Wildman–Crippen LogP) is 19.1. The minimum Gasteiger partial charge on any atom is -0.496 e. The Hall–Kier alpha value is -4.68. The van der Waals surface area contributed by atoms with Crippen molar-refractivity contribution in [2.75, 3.05) is 27.4 Å². The molecule has 6 heteroatoms. The number of allylic oxidation sites excluding steroid dienone is 2. The lowest BCUT2D eigenvalue weighted by Crippen LogP contribution is -1.98. The summed E-state index contributed by atoms with van der Waals surface area (Å²) in [6.07, 6.45) is 46.9. The maximum absolute atomic E-state index is 10.3. The molecule has 3 aromatic carbocycles. The number of methoxy groups -OCH3 is 2. The topological polar surface area (TPSA) is 84.5 Å². The van der Waals surface area contributed by atoms with E-state index in [1.54, 1.807) is 26.4 Å². The van der Waals surface area contributed by atoms with Crippen molar-refractivity contribution >= 4 is 23.3 Å². The molecule has 0 aromatic heterocycles. The highest BCUT2D eigenvalue weighted by Gasteiger charge is 2.18. The molecule has 0 unspecified atom stereocenters. The van der Waals surface area contributed by atoms with Crippen molar-refractivity contribution in [2.45, 2.75) is 219 Å². The predicted molar refractivity (Wildman–Crippen MR) is 289 cm³/mol.